The van der Waals surface area contributed by atoms with Crippen molar-refractivity contribution in [3.63, 3.8) is 0 Å². The van der Waals surface area contributed by atoms with E-state index in [0.29, 0.717) is 18.1 Å². The van der Waals surface area contributed by atoms with Crippen molar-refractivity contribution in [1.29, 1.82) is 5.26 Å². The predicted molar refractivity (Wildman–Crippen MR) is 113 cm³/mol. The molecule has 3 rings (SSSR count). The van der Waals surface area contributed by atoms with E-state index in [0.717, 1.165) is 11.3 Å². The summed E-state index contributed by atoms with van der Waals surface area (Å²) in [5.74, 6) is 0.239. The molecule has 0 saturated heterocycles. The minimum atomic E-state index is -0.258. The molecule has 3 aromatic rings. The molecule has 0 aliphatic rings. The number of amides is 2. The number of aryl methyl sites for hydroxylation is 1. The van der Waals surface area contributed by atoms with E-state index < -0.39 is 0 Å². The van der Waals surface area contributed by atoms with Crippen molar-refractivity contribution >= 4 is 23.2 Å². The van der Waals surface area contributed by atoms with Gasteiger partial charge in [0.1, 0.15) is 6.33 Å². The van der Waals surface area contributed by atoms with Gasteiger partial charge >= 0.3 is 0 Å². The molecule has 0 aliphatic heterocycles. The Morgan fingerprint density at radius 2 is 1.93 bits per heavy atom. The fourth-order valence-corrected chi connectivity index (χ4v) is 3.03. The molecule has 0 radical (unpaired) electrons. The van der Waals surface area contributed by atoms with Gasteiger partial charge < -0.3 is 14.8 Å². The van der Waals surface area contributed by atoms with Gasteiger partial charge in [-0.15, -0.1) is 10.2 Å². The second-order valence-corrected chi connectivity index (χ2v) is 6.68. The normalized spacial score (nSPS) is 10.3. The van der Waals surface area contributed by atoms with Gasteiger partial charge in [0, 0.05) is 43.4 Å². The molecule has 1 aromatic heterocycles. The Hall–Kier alpha value is -3.99. The number of nitrogens with zero attached hydrogens (tertiary/aromatic N) is 5. The minimum Gasteiger partial charge on any atom is -0.326 e. The van der Waals surface area contributed by atoms with E-state index in [-0.39, 0.29) is 31.1 Å². The highest BCUT2D eigenvalue weighted by molar-refractivity contribution is 5.98. The summed E-state index contributed by atoms with van der Waals surface area (Å²) in [7, 11) is 1.84. The van der Waals surface area contributed by atoms with Crippen molar-refractivity contribution in [2.45, 2.75) is 19.3 Å². The average molecular weight is 402 g/mol. The monoisotopic (exact) mass is 402 g/mol. The third kappa shape index (κ3) is 5.29. The third-order valence-electron chi connectivity index (χ3n) is 4.50. The molecule has 1 heterocycles. The van der Waals surface area contributed by atoms with Crippen molar-refractivity contribution in [1.82, 2.24) is 14.8 Å². The third-order valence-corrected chi connectivity index (χ3v) is 4.50. The molecule has 0 atom stereocenters. The summed E-state index contributed by atoms with van der Waals surface area (Å²) >= 11 is 0. The molecule has 0 saturated carbocycles. The topological polar surface area (TPSA) is 104 Å². The summed E-state index contributed by atoms with van der Waals surface area (Å²) < 4.78 is 1.79. The van der Waals surface area contributed by atoms with Crippen LogP contribution in [0.3, 0.4) is 0 Å². The molecule has 2 aromatic carbocycles. The first-order chi connectivity index (χ1) is 14.6. The van der Waals surface area contributed by atoms with Crippen molar-refractivity contribution in [2.24, 2.45) is 7.05 Å². The zero-order valence-corrected chi connectivity index (χ0v) is 16.7. The summed E-state index contributed by atoms with van der Waals surface area (Å²) in [6, 6.07) is 18.5. The van der Waals surface area contributed by atoms with Gasteiger partial charge in [0.05, 0.1) is 12.5 Å². The van der Waals surface area contributed by atoms with E-state index in [9.17, 15) is 9.59 Å². The molecule has 2 amide bonds. The smallest absolute Gasteiger partial charge is 0.227 e. The second-order valence-electron chi connectivity index (χ2n) is 6.68. The number of hydrogen-bond acceptors (Lipinski definition) is 5. The maximum Gasteiger partial charge on any atom is 0.227 e. The second kappa shape index (κ2) is 9.98. The number of benzene rings is 2. The summed E-state index contributed by atoms with van der Waals surface area (Å²) in [6.45, 7) is 0.292. The molecular formula is C22H22N6O2. The number of carbonyl (C=O) groups excluding carboxylic acids is 2. The lowest BCUT2D eigenvalue weighted by Gasteiger charge is -2.21. The first-order valence-corrected chi connectivity index (χ1v) is 9.55. The van der Waals surface area contributed by atoms with Crippen LogP contribution in [0.4, 0.5) is 11.4 Å². The van der Waals surface area contributed by atoms with E-state index in [1.165, 1.54) is 0 Å². The number of anilines is 2. The molecule has 0 spiro atoms. The van der Waals surface area contributed by atoms with Crippen LogP contribution in [0.1, 0.15) is 19.3 Å². The number of aromatic nitrogens is 3. The first kappa shape index (κ1) is 20.7. The Morgan fingerprint density at radius 1 is 1.13 bits per heavy atom. The van der Waals surface area contributed by atoms with Crippen LogP contribution in [0.25, 0.3) is 11.4 Å². The van der Waals surface area contributed by atoms with Gasteiger partial charge in [0.2, 0.25) is 11.8 Å². The molecule has 0 unspecified atom stereocenters. The number of hydrogen-bond donors (Lipinski definition) is 1. The van der Waals surface area contributed by atoms with Gasteiger partial charge in [-0.25, -0.2) is 0 Å². The van der Waals surface area contributed by atoms with Crippen LogP contribution < -0.4 is 10.2 Å². The van der Waals surface area contributed by atoms with Crippen LogP contribution >= 0.6 is 0 Å². The highest BCUT2D eigenvalue weighted by Crippen LogP contribution is 2.20. The molecule has 8 nitrogen and oxygen atoms in total. The molecular weight excluding hydrogens is 380 g/mol. The molecule has 0 aliphatic carbocycles. The van der Waals surface area contributed by atoms with Crippen LogP contribution in [0.5, 0.6) is 0 Å². The van der Waals surface area contributed by atoms with Gasteiger partial charge in [0.25, 0.3) is 0 Å². The first-order valence-electron chi connectivity index (χ1n) is 9.55. The van der Waals surface area contributed by atoms with Gasteiger partial charge in [0.15, 0.2) is 5.82 Å². The number of nitriles is 1. The minimum absolute atomic E-state index is 0.0446. The quantitative estimate of drug-likeness (QED) is 0.623. The number of para-hydroxylation sites is 1. The highest BCUT2D eigenvalue weighted by atomic mass is 16.2. The van der Waals surface area contributed by atoms with E-state index >= 15 is 0 Å². The van der Waals surface area contributed by atoms with Crippen molar-refractivity contribution in [3.8, 4) is 17.5 Å². The maximum absolute atomic E-state index is 12.7. The van der Waals surface area contributed by atoms with Crippen molar-refractivity contribution in [2.75, 3.05) is 16.8 Å². The van der Waals surface area contributed by atoms with Gasteiger partial charge in [-0.2, -0.15) is 5.26 Å². The van der Waals surface area contributed by atoms with Crippen LogP contribution in [-0.2, 0) is 16.6 Å². The van der Waals surface area contributed by atoms with E-state index in [2.05, 4.69) is 21.6 Å². The Bertz CT molecular complexity index is 1050. The summed E-state index contributed by atoms with van der Waals surface area (Å²) in [5, 5.41) is 19.6. The van der Waals surface area contributed by atoms with Crippen molar-refractivity contribution in [3.05, 3.63) is 60.9 Å². The maximum atomic E-state index is 12.7. The van der Waals surface area contributed by atoms with E-state index in [4.69, 9.17) is 5.26 Å². The Morgan fingerprint density at radius 3 is 2.63 bits per heavy atom. The lowest BCUT2D eigenvalue weighted by atomic mass is 10.1. The molecule has 30 heavy (non-hydrogen) atoms. The largest absolute Gasteiger partial charge is 0.326 e. The lowest BCUT2D eigenvalue weighted by Crippen LogP contribution is -2.32. The SMILES string of the molecule is Cn1cnnc1-c1cccc(NC(=O)CCC(=O)N(CCC#N)c2ccccc2)c1. The summed E-state index contributed by atoms with van der Waals surface area (Å²) in [4.78, 5) is 26.6. The zero-order chi connectivity index (χ0) is 21.3. The average Bonchev–Trinajstić information content (AvgIpc) is 3.19. The van der Waals surface area contributed by atoms with Crippen LogP contribution in [0, 0.1) is 11.3 Å². The van der Waals surface area contributed by atoms with Gasteiger partial charge in [-0.05, 0) is 24.3 Å². The lowest BCUT2D eigenvalue weighted by molar-refractivity contribution is -0.122. The van der Waals surface area contributed by atoms with Gasteiger partial charge in [-0.3, -0.25) is 9.59 Å². The number of nitrogens with one attached hydrogen (secondary N) is 1. The van der Waals surface area contributed by atoms with E-state index in [1.54, 1.807) is 21.9 Å². The molecule has 8 heteroatoms. The number of carbonyl (C=O) groups is 2. The van der Waals surface area contributed by atoms with Crippen molar-refractivity contribution < 1.29 is 9.59 Å². The fraction of sp³-hybridized carbons (Fsp3) is 0.227. The predicted octanol–water partition coefficient (Wildman–Crippen LogP) is 3.15. The Kier molecular flexibility index (Phi) is 6.90. The molecule has 1 N–H and O–H groups in total. The standard InChI is InChI=1S/C22H22N6O2/c1-27-16-24-26-22(27)17-7-5-8-18(15-17)25-20(29)11-12-21(30)28(14-6-13-23)19-9-3-2-4-10-19/h2-5,7-10,15-16H,6,11-12,14H2,1H3,(H,25,29). The Balaban J connectivity index is 1.60. The Labute approximate surface area is 174 Å². The molecule has 152 valence electrons. The summed E-state index contributed by atoms with van der Waals surface area (Å²) in [6.07, 6.45) is 1.93. The highest BCUT2D eigenvalue weighted by Gasteiger charge is 2.17. The van der Waals surface area contributed by atoms with E-state index in [1.807, 2.05) is 55.6 Å². The molecule has 0 fully saturated rings. The summed E-state index contributed by atoms with van der Waals surface area (Å²) in [5.41, 5.74) is 2.17. The number of rotatable bonds is 8. The molecule has 0 bridgehead atoms. The van der Waals surface area contributed by atoms with Crippen LogP contribution in [0.15, 0.2) is 60.9 Å². The van der Waals surface area contributed by atoms with Gasteiger partial charge in [-0.1, -0.05) is 30.3 Å². The zero-order valence-electron chi connectivity index (χ0n) is 16.7. The fourth-order valence-electron chi connectivity index (χ4n) is 3.03. The van der Waals surface area contributed by atoms with Crippen LogP contribution in [0.2, 0.25) is 0 Å². The van der Waals surface area contributed by atoms with Crippen LogP contribution in [-0.4, -0.2) is 33.1 Å².